The Morgan fingerprint density at radius 2 is 1.82 bits per heavy atom. The standard InChI is InChI=1S/C17H17FN4/c18-15-14(22-10-4-5-11-22)9-8-13-16(15)21-17(20-13)19-12-6-2-1-3-7-12/h1-3,6-9H,4-5,10-11H2,(H2,19,20,21). The van der Waals surface area contributed by atoms with Crippen LogP contribution in [0.1, 0.15) is 12.8 Å². The fraction of sp³-hybridized carbons (Fsp3) is 0.235. The molecule has 1 saturated heterocycles. The van der Waals surface area contributed by atoms with Gasteiger partial charge in [0.1, 0.15) is 5.52 Å². The molecule has 0 bridgehead atoms. The van der Waals surface area contributed by atoms with Gasteiger partial charge in [-0.1, -0.05) is 18.2 Å². The number of nitrogens with zero attached hydrogens (tertiary/aromatic N) is 2. The molecule has 0 aliphatic carbocycles. The highest BCUT2D eigenvalue weighted by molar-refractivity contribution is 5.83. The highest BCUT2D eigenvalue weighted by atomic mass is 19.1. The summed E-state index contributed by atoms with van der Waals surface area (Å²) in [6.07, 6.45) is 2.25. The second-order valence-electron chi connectivity index (χ2n) is 5.57. The van der Waals surface area contributed by atoms with Gasteiger partial charge in [-0.05, 0) is 37.1 Å². The third kappa shape index (κ3) is 2.28. The Kier molecular flexibility index (Phi) is 3.18. The number of aromatic amines is 1. The first-order valence-electron chi connectivity index (χ1n) is 7.56. The van der Waals surface area contributed by atoms with Crippen molar-refractivity contribution in [1.82, 2.24) is 9.97 Å². The summed E-state index contributed by atoms with van der Waals surface area (Å²) >= 11 is 0. The largest absolute Gasteiger partial charge is 0.369 e. The molecule has 1 aliphatic heterocycles. The molecule has 2 heterocycles. The lowest BCUT2D eigenvalue weighted by molar-refractivity contribution is 0.632. The highest BCUT2D eigenvalue weighted by Gasteiger charge is 2.19. The summed E-state index contributed by atoms with van der Waals surface area (Å²) in [6, 6.07) is 13.5. The van der Waals surface area contributed by atoms with Gasteiger partial charge in [-0.2, -0.15) is 0 Å². The molecule has 1 fully saturated rings. The molecule has 0 spiro atoms. The fourth-order valence-corrected chi connectivity index (χ4v) is 2.95. The summed E-state index contributed by atoms with van der Waals surface area (Å²) in [4.78, 5) is 9.58. The normalized spacial score (nSPS) is 14.7. The zero-order chi connectivity index (χ0) is 14.9. The van der Waals surface area contributed by atoms with Crippen molar-refractivity contribution >= 4 is 28.4 Å². The first kappa shape index (κ1) is 13.1. The SMILES string of the molecule is Fc1c(N2CCCC2)ccc2[nH]c(Nc3ccccc3)nc12. The van der Waals surface area contributed by atoms with Crippen molar-refractivity contribution in [3.63, 3.8) is 0 Å². The van der Waals surface area contributed by atoms with Gasteiger partial charge in [0, 0.05) is 18.8 Å². The lowest BCUT2D eigenvalue weighted by Gasteiger charge is -2.18. The summed E-state index contributed by atoms with van der Waals surface area (Å²) in [7, 11) is 0. The molecule has 4 rings (SSSR count). The van der Waals surface area contributed by atoms with Crippen molar-refractivity contribution in [3.05, 3.63) is 48.3 Å². The lowest BCUT2D eigenvalue weighted by atomic mass is 10.2. The summed E-state index contributed by atoms with van der Waals surface area (Å²) < 4.78 is 14.7. The van der Waals surface area contributed by atoms with E-state index in [2.05, 4.69) is 20.2 Å². The molecule has 1 aliphatic rings. The second-order valence-corrected chi connectivity index (χ2v) is 5.57. The number of nitrogens with one attached hydrogen (secondary N) is 2. The number of para-hydroxylation sites is 1. The van der Waals surface area contributed by atoms with E-state index in [1.807, 2.05) is 42.5 Å². The molecule has 3 aromatic rings. The predicted octanol–water partition coefficient (Wildman–Crippen LogP) is 4.05. The van der Waals surface area contributed by atoms with Crippen LogP contribution in [0.4, 0.5) is 21.7 Å². The van der Waals surface area contributed by atoms with Crippen LogP contribution >= 0.6 is 0 Å². The molecule has 0 saturated carbocycles. The number of halogens is 1. The van der Waals surface area contributed by atoms with Crippen LogP contribution in [0, 0.1) is 5.82 Å². The Morgan fingerprint density at radius 1 is 1.05 bits per heavy atom. The van der Waals surface area contributed by atoms with Gasteiger partial charge < -0.3 is 15.2 Å². The predicted molar refractivity (Wildman–Crippen MR) is 87.2 cm³/mol. The zero-order valence-corrected chi connectivity index (χ0v) is 12.1. The number of rotatable bonds is 3. The maximum absolute atomic E-state index is 14.7. The minimum atomic E-state index is -0.239. The van der Waals surface area contributed by atoms with E-state index in [1.165, 1.54) is 0 Å². The van der Waals surface area contributed by atoms with E-state index in [0.717, 1.165) is 31.6 Å². The van der Waals surface area contributed by atoms with Crippen LogP contribution in [0.15, 0.2) is 42.5 Å². The van der Waals surface area contributed by atoms with Gasteiger partial charge in [-0.25, -0.2) is 9.37 Å². The van der Waals surface area contributed by atoms with Gasteiger partial charge in [0.25, 0.3) is 0 Å². The molecule has 112 valence electrons. The average molecular weight is 296 g/mol. The number of hydrogen-bond donors (Lipinski definition) is 2. The number of hydrogen-bond acceptors (Lipinski definition) is 3. The Labute approximate surface area is 128 Å². The van der Waals surface area contributed by atoms with E-state index in [9.17, 15) is 4.39 Å². The molecule has 22 heavy (non-hydrogen) atoms. The third-order valence-corrected chi connectivity index (χ3v) is 4.06. The van der Waals surface area contributed by atoms with E-state index in [-0.39, 0.29) is 5.82 Å². The van der Waals surface area contributed by atoms with E-state index in [4.69, 9.17) is 0 Å². The Bertz CT molecular complexity index is 791. The molecule has 0 radical (unpaired) electrons. The van der Waals surface area contributed by atoms with Gasteiger partial charge in [-0.3, -0.25) is 0 Å². The van der Waals surface area contributed by atoms with Crippen LogP contribution in [-0.2, 0) is 0 Å². The number of benzene rings is 2. The van der Waals surface area contributed by atoms with Gasteiger partial charge in [-0.15, -0.1) is 0 Å². The van der Waals surface area contributed by atoms with Crippen molar-refractivity contribution in [2.45, 2.75) is 12.8 Å². The zero-order valence-electron chi connectivity index (χ0n) is 12.1. The first-order valence-corrected chi connectivity index (χ1v) is 7.56. The summed E-state index contributed by atoms with van der Waals surface area (Å²) in [6.45, 7) is 1.84. The van der Waals surface area contributed by atoms with E-state index < -0.39 is 0 Å². The van der Waals surface area contributed by atoms with Crippen molar-refractivity contribution in [3.8, 4) is 0 Å². The third-order valence-electron chi connectivity index (χ3n) is 4.06. The molecule has 2 aromatic carbocycles. The molecule has 0 unspecified atom stereocenters. The Balaban J connectivity index is 1.70. The van der Waals surface area contributed by atoms with Crippen molar-refractivity contribution in [1.29, 1.82) is 0 Å². The monoisotopic (exact) mass is 296 g/mol. The van der Waals surface area contributed by atoms with Crippen molar-refractivity contribution in [2.75, 3.05) is 23.3 Å². The molecule has 5 heteroatoms. The van der Waals surface area contributed by atoms with Crippen molar-refractivity contribution < 1.29 is 4.39 Å². The molecule has 2 N–H and O–H groups in total. The van der Waals surface area contributed by atoms with E-state index in [1.54, 1.807) is 0 Å². The van der Waals surface area contributed by atoms with Crippen molar-refractivity contribution in [2.24, 2.45) is 0 Å². The molecular weight excluding hydrogens is 279 g/mol. The maximum atomic E-state index is 14.7. The van der Waals surface area contributed by atoms with Crippen LogP contribution in [0.2, 0.25) is 0 Å². The molecule has 4 nitrogen and oxygen atoms in total. The second kappa shape index (κ2) is 5.33. The Morgan fingerprint density at radius 3 is 2.59 bits per heavy atom. The molecule has 0 atom stereocenters. The summed E-state index contributed by atoms with van der Waals surface area (Å²) in [5.74, 6) is 0.315. The maximum Gasteiger partial charge on any atom is 0.205 e. The smallest absolute Gasteiger partial charge is 0.205 e. The first-order chi connectivity index (χ1) is 10.8. The number of imidazole rings is 1. The van der Waals surface area contributed by atoms with Crippen LogP contribution in [0.25, 0.3) is 11.0 Å². The number of fused-ring (bicyclic) bond motifs is 1. The van der Waals surface area contributed by atoms with Gasteiger partial charge in [0.2, 0.25) is 5.95 Å². The van der Waals surface area contributed by atoms with Crippen LogP contribution < -0.4 is 10.2 Å². The van der Waals surface area contributed by atoms with Gasteiger partial charge in [0.15, 0.2) is 5.82 Å². The summed E-state index contributed by atoms with van der Waals surface area (Å²) in [5, 5.41) is 3.16. The highest BCUT2D eigenvalue weighted by Crippen LogP contribution is 2.29. The quantitative estimate of drug-likeness (QED) is 0.766. The minimum absolute atomic E-state index is 0.239. The van der Waals surface area contributed by atoms with Gasteiger partial charge in [0.05, 0.1) is 11.2 Å². The molecule has 0 amide bonds. The number of H-pyrrole nitrogens is 1. The Hall–Kier alpha value is -2.56. The van der Waals surface area contributed by atoms with E-state index in [0.29, 0.717) is 22.7 Å². The molecular formula is C17H17FN4. The number of aromatic nitrogens is 2. The molecule has 1 aromatic heterocycles. The number of anilines is 3. The van der Waals surface area contributed by atoms with Crippen LogP contribution in [0.5, 0.6) is 0 Å². The van der Waals surface area contributed by atoms with E-state index >= 15 is 0 Å². The van der Waals surface area contributed by atoms with Crippen LogP contribution in [0.3, 0.4) is 0 Å². The van der Waals surface area contributed by atoms with Crippen LogP contribution in [-0.4, -0.2) is 23.1 Å². The summed E-state index contributed by atoms with van der Waals surface area (Å²) in [5.41, 5.74) is 2.67. The van der Waals surface area contributed by atoms with Gasteiger partial charge >= 0.3 is 0 Å². The lowest BCUT2D eigenvalue weighted by Crippen LogP contribution is -2.18. The average Bonchev–Trinajstić information content (AvgIpc) is 3.18. The minimum Gasteiger partial charge on any atom is -0.369 e. The topological polar surface area (TPSA) is 44.0 Å². The fourth-order valence-electron chi connectivity index (χ4n) is 2.95.